The second-order valence-electron chi connectivity index (χ2n) is 4.08. The third-order valence-corrected chi connectivity index (χ3v) is 2.78. The highest BCUT2D eigenvalue weighted by Crippen LogP contribution is 2.24. The molecule has 0 fully saturated rings. The summed E-state index contributed by atoms with van der Waals surface area (Å²) in [6.45, 7) is 5.13. The molecule has 1 rings (SSSR count). The minimum Gasteiger partial charge on any atom is -0.393 e. The topological polar surface area (TPSA) is 63.8 Å². The van der Waals surface area contributed by atoms with Crippen LogP contribution < -0.4 is 11.1 Å². The molecule has 0 aliphatic heterocycles. The summed E-state index contributed by atoms with van der Waals surface area (Å²) < 4.78 is 0. The van der Waals surface area contributed by atoms with Crippen molar-refractivity contribution in [2.45, 2.75) is 46.0 Å². The summed E-state index contributed by atoms with van der Waals surface area (Å²) in [5.41, 5.74) is 6.29. The average Bonchev–Trinajstić information content (AvgIpc) is 2.31. The van der Waals surface area contributed by atoms with Gasteiger partial charge < -0.3 is 11.1 Å². The van der Waals surface area contributed by atoms with E-state index in [0.717, 1.165) is 31.6 Å². The molecule has 0 radical (unpaired) electrons. The van der Waals surface area contributed by atoms with E-state index in [0.29, 0.717) is 16.7 Å². The predicted molar refractivity (Wildman–Crippen MR) is 73.5 cm³/mol. The normalized spacial score (nSPS) is 10.5. The number of hydrogen-bond acceptors (Lipinski definition) is 4. The summed E-state index contributed by atoms with van der Waals surface area (Å²) >= 11 is 5.98. The summed E-state index contributed by atoms with van der Waals surface area (Å²) in [5.74, 6) is 1.43. The van der Waals surface area contributed by atoms with Gasteiger partial charge in [0.25, 0.3) is 0 Å². The van der Waals surface area contributed by atoms with E-state index in [9.17, 15) is 0 Å². The smallest absolute Gasteiger partial charge is 0.157 e. The second-order valence-corrected chi connectivity index (χ2v) is 4.43. The molecule has 0 atom stereocenters. The van der Waals surface area contributed by atoms with Gasteiger partial charge in [0.05, 0.1) is 0 Å². The molecular formula is C12H21ClN4. The van der Waals surface area contributed by atoms with Crippen molar-refractivity contribution >= 4 is 23.1 Å². The molecule has 5 heteroatoms. The van der Waals surface area contributed by atoms with E-state index in [-0.39, 0.29) is 0 Å². The summed E-state index contributed by atoms with van der Waals surface area (Å²) in [6.07, 6.45) is 5.33. The van der Waals surface area contributed by atoms with Gasteiger partial charge in [0, 0.05) is 13.0 Å². The molecule has 4 nitrogen and oxygen atoms in total. The maximum absolute atomic E-state index is 5.98. The number of rotatable bonds is 7. The lowest BCUT2D eigenvalue weighted by Gasteiger charge is -2.10. The zero-order valence-corrected chi connectivity index (χ0v) is 11.3. The van der Waals surface area contributed by atoms with Gasteiger partial charge in [-0.1, -0.05) is 38.3 Å². The first kappa shape index (κ1) is 14.0. The Balaban J connectivity index is 2.68. The molecule has 0 saturated heterocycles. The van der Waals surface area contributed by atoms with Gasteiger partial charge in [-0.2, -0.15) is 0 Å². The van der Waals surface area contributed by atoms with Crippen LogP contribution in [0.3, 0.4) is 0 Å². The maximum atomic E-state index is 5.98. The van der Waals surface area contributed by atoms with Crippen LogP contribution in [0.1, 0.15) is 45.4 Å². The van der Waals surface area contributed by atoms with Crippen LogP contribution in [0.2, 0.25) is 5.15 Å². The molecule has 1 aromatic rings. The van der Waals surface area contributed by atoms with Crippen LogP contribution in [-0.2, 0) is 6.42 Å². The minimum atomic E-state index is 0.349. The SMILES string of the molecule is CCCCCNc1nc(CCC)nc(Cl)c1N. The number of hydrogen-bond donors (Lipinski definition) is 2. The van der Waals surface area contributed by atoms with E-state index >= 15 is 0 Å². The van der Waals surface area contributed by atoms with Gasteiger partial charge in [-0.15, -0.1) is 0 Å². The Morgan fingerprint density at radius 3 is 2.59 bits per heavy atom. The fraction of sp³-hybridized carbons (Fsp3) is 0.667. The molecule has 0 aliphatic carbocycles. The van der Waals surface area contributed by atoms with E-state index in [1.165, 1.54) is 12.8 Å². The first-order chi connectivity index (χ1) is 8.19. The van der Waals surface area contributed by atoms with Gasteiger partial charge in [-0.25, -0.2) is 9.97 Å². The highest BCUT2D eigenvalue weighted by Gasteiger charge is 2.09. The second kappa shape index (κ2) is 7.33. The number of anilines is 2. The van der Waals surface area contributed by atoms with Gasteiger partial charge in [0.1, 0.15) is 11.5 Å². The number of unbranched alkanes of at least 4 members (excludes halogenated alkanes) is 2. The summed E-state index contributed by atoms with van der Waals surface area (Å²) in [7, 11) is 0. The largest absolute Gasteiger partial charge is 0.393 e. The van der Waals surface area contributed by atoms with E-state index in [2.05, 4.69) is 29.1 Å². The van der Waals surface area contributed by atoms with Crippen molar-refractivity contribution in [2.75, 3.05) is 17.6 Å². The molecule has 0 aliphatic rings. The highest BCUT2D eigenvalue weighted by atomic mass is 35.5. The Morgan fingerprint density at radius 1 is 1.18 bits per heavy atom. The van der Waals surface area contributed by atoms with E-state index in [4.69, 9.17) is 17.3 Å². The lowest BCUT2D eigenvalue weighted by molar-refractivity contribution is 0.741. The fourth-order valence-electron chi connectivity index (χ4n) is 1.54. The summed E-state index contributed by atoms with van der Waals surface area (Å²) in [6, 6.07) is 0. The van der Waals surface area contributed by atoms with Gasteiger partial charge in [0.2, 0.25) is 0 Å². The van der Waals surface area contributed by atoms with Gasteiger partial charge in [0.15, 0.2) is 11.0 Å². The Morgan fingerprint density at radius 2 is 1.94 bits per heavy atom. The van der Waals surface area contributed by atoms with Crippen LogP contribution in [0.15, 0.2) is 0 Å². The van der Waals surface area contributed by atoms with Crippen molar-refractivity contribution < 1.29 is 0 Å². The van der Waals surface area contributed by atoms with Crippen LogP contribution in [0, 0.1) is 0 Å². The molecule has 17 heavy (non-hydrogen) atoms. The molecule has 0 saturated carbocycles. The number of nitrogens with one attached hydrogen (secondary N) is 1. The fourth-order valence-corrected chi connectivity index (χ4v) is 1.72. The molecule has 0 bridgehead atoms. The quantitative estimate of drug-likeness (QED) is 0.581. The lowest BCUT2D eigenvalue weighted by atomic mass is 10.2. The first-order valence-corrected chi connectivity index (χ1v) is 6.62. The van der Waals surface area contributed by atoms with Crippen molar-refractivity contribution in [1.29, 1.82) is 0 Å². The maximum Gasteiger partial charge on any atom is 0.157 e. The Labute approximate surface area is 108 Å². The average molecular weight is 257 g/mol. The summed E-state index contributed by atoms with van der Waals surface area (Å²) in [5, 5.41) is 3.58. The molecule has 0 amide bonds. The number of aromatic nitrogens is 2. The summed E-state index contributed by atoms with van der Waals surface area (Å²) in [4.78, 5) is 8.55. The lowest BCUT2D eigenvalue weighted by Crippen LogP contribution is -2.09. The molecule has 0 spiro atoms. The molecule has 3 N–H and O–H groups in total. The highest BCUT2D eigenvalue weighted by molar-refractivity contribution is 6.32. The van der Waals surface area contributed by atoms with Crippen molar-refractivity contribution in [2.24, 2.45) is 0 Å². The Kier molecular flexibility index (Phi) is 6.05. The molecule has 1 heterocycles. The molecular weight excluding hydrogens is 236 g/mol. The van der Waals surface area contributed by atoms with Crippen molar-refractivity contribution in [3.05, 3.63) is 11.0 Å². The van der Waals surface area contributed by atoms with Crippen molar-refractivity contribution in [1.82, 2.24) is 9.97 Å². The molecule has 96 valence electrons. The van der Waals surface area contributed by atoms with Gasteiger partial charge in [-0.3, -0.25) is 0 Å². The van der Waals surface area contributed by atoms with E-state index in [1.807, 2.05) is 0 Å². The minimum absolute atomic E-state index is 0.349. The monoisotopic (exact) mass is 256 g/mol. The van der Waals surface area contributed by atoms with Crippen LogP contribution in [0.5, 0.6) is 0 Å². The molecule has 1 aromatic heterocycles. The number of halogens is 1. The zero-order valence-electron chi connectivity index (χ0n) is 10.6. The first-order valence-electron chi connectivity index (χ1n) is 6.24. The number of nitrogens with zero attached hydrogens (tertiary/aromatic N) is 2. The Hall–Kier alpha value is -1.03. The van der Waals surface area contributed by atoms with Crippen molar-refractivity contribution in [3.8, 4) is 0 Å². The molecule has 0 aromatic carbocycles. The number of nitrogen functional groups attached to an aromatic ring is 1. The van der Waals surface area contributed by atoms with Crippen LogP contribution in [-0.4, -0.2) is 16.5 Å². The number of aryl methyl sites for hydroxylation is 1. The van der Waals surface area contributed by atoms with Crippen LogP contribution in [0.4, 0.5) is 11.5 Å². The third-order valence-electron chi connectivity index (χ3n) is 2.49. The van der Waals surface area contributed by atoms with Gasteiger partial charge in [-0.05, 0) is 12.8 Å². The predicted octanol–water partition coefficient (Wildman–Crippen LogP) is 3.27. The standard InChI is InChI=1S/C12H21ClN4/c1-3-5-6-8-15-12-10(14)11(13)16-9(17-12)7-4-2/h3-8,14H2,1-2H3,(H,15,16,17). The third kappa shape index (κ3) is 4.38. The van der Waals surface area contributed by atoms with E-state index < -0.39 is 0 Å². The van der Waals surface area contributed by atoms with E-state index in [1.54, 1.807) is 0 Å². The zero-order chi connectivity index (χ0) is 12.7. The van der Waals surface area contributed by atoms with Crippen LogP contribution >= 0.6 is 11.6 Å². The van der Waals surface area contributed by atoms with Crippen molar-refractivity contribution in [3.63, 3.8) is 0 Å². The van der Waals surface area contributed by atoms with Crippen LogP contribution in [0.25, 0.3) is 0 Å². The Bertz CT molecular complexity index is 355. The van der Waals surface area contributed by atoms with Gasteiger partial charge >= 0.3 is 0 Å². The molecule has 0 unspecified atom stereocenters. The number of nitrogens with two attached hydrogens (primary N) is 1.